The first-order valence-electron chi connectivity index (χ1n) is 27.9. The number of esters is 4. The van der Waals surface area contributed by atoms with Crippen LogP contribution in [-0.2, 0) is 69.5 Å². The third-order valence-corrected chi connectivity index (χ3v) is 23.6. The van der Waals surface area contributed by atoms with Crippen LogP contribution >= 0.6 is 7.82 Å². The number of carbonyl (C=O) groups is 4. The molecule has 0 bridgehead atoms. The molecule has 0 saturated carbocycles. The highest BCUT2D eigenvalue weighted by atomic mass is 31.2. The zero-order valence-corrected chi connectivity index (χ0v) is 57.7. The van der Waals surface area contributed by atoms with Gasteiger partial charge in [0.1, 0.15) is 26.4 Å². The molecule has 19 heteroatoms. The van der Waals surface area contributed by atoms with Gasteiger partial charge in [-0.25, -0.2) is 4.57 Å². The summed E-state index contributed by atoms with van der Waals surface area (Å²) in [5.41, 5.74) is -11.6. The first-order chi connectivity index (χ1) is 35.0. The minimum Gasteiger partial charge on any atom is -0.463 e. The van der Waals surface area contributed by atoms with Gasteiger partial charge in [-0.05, 0) is 111 Å². The number of hydrogen-bond acceptors (Lipinski definition) is 16. The molecule has 0 rings (SSSR count). The molecule has 0 fully saturated rings. The van der Waals surface area contributed by atoms with E-state index in [4.69, 9.17) is 45.8 Å². The number of aliphatic hydroxyl groups is 1. The first-order valence-corrected chi connectivity index (χ1v) is 31.3. The lowest BCUT2D eigenvalue weighted by molar-refractivity contribution is -0.870. The van der Waals surface area contributed by atoms with Gasteiger partial charge >= 0.3 is 40.5 Å². The standard InChI is InChI=1S/C60H117NO16PSi/c1-43(2)77-48(66)60(25,41-53(14,15)54(16,17)58(23,38-49(4,5)6)46(64)72-35-36-76-78(67,68-29)75-34-33-61(26,27)28)56(20,21)52(12,13)40-59(24,47(65)73-37-44(3)62)55(18,19)51(10,11)39-57(22,50(7,8)9)45(63)74-42-79(69-30,70-31)71-32/h44,62H,1,33-42H2,2-32H3/q+1. The van der Waals surface area contributed by atoms with Crippen LogP contribution < -0.4 is 0 Å². The second kappa shape index (κ2) is 26.8. The molecule has 0 aromatic heterocycles. The molecule has 79 heavy (non-hydrogen) atoms. The molecule has 6 atom stereocenters. The van der Waals surface area contributed by atoms with E-state index in [1.54, 1.807) is 13.8 Å². The fourth-order valence-corrected chi connectivity index (χ4v) is 13.3. The van der Waals surface area contributed by atoms with Gasteiger partial charge in [0, 0.05) is 28.4 Å². The molecule has 1 N–H and O–H groups in total. The molecule has 17 nitrogen and oxygen atoms in total. The molecule has 0 aliphatic rings. The Morgan fingerprint density at radius 2 is 0.886 bits per heavy atom. The third-order valence-electron chi connectivity index (χ3n) is 19.8. The van der Waals surface area contributed by atoms with Gasteiger partial charge in [0.05, 0.1) is 61.3 Å². The van der Waals surface area contributed by atoms with Crippen LogP contribution in [0.1, 0.15) is 192 Å². The van der Waals surface area contributed by atoms with Crippen LogP contribution in [0.4, 0.5) is 0 Å². The summed E-state index contributed by atoms with van der Waals surface area (Å²) in [6.45, 7) is 51.3. The van der Waals surface area contributed by atoms with Crippen LogP contribution in [0.5, 0.6) is 0 Å². The smallest absolute Gasteiger partial charge is 0.463 e. The van der Waals surface area contributed by atoms with Crippen LogP contribution in [0.2, 0.25) is 0 Å². The number of quaternary nitrogens is 1. The lowest BCUT2D eigenvalue weighted by Gasteiger charge is -2.61. The first kappa shape index (κ1) is 76.7. The molecule has 0 heterocycles. The van der Waals surface area contributed by atoms with Gasteiger partial charge in [-0.1, -0.05) is 131 Å². The number of phosphoric ester groups is 1. The van der Waals surface area contributed by atoms with E-state index in [1.165, 1.54) is 28.4 Å². The quantitative estimate of drug-likeness (QED) is 0.0121. The Morgan fingerprint density at radius 1 is 0.532 bits per heavy atom. The van der Waals surface area contributed by atoms with Crippen molar-refractivity contribution in [1.29, 1.82) is 0 Å². The van der Waals surface area contributed by atoms with E-state index >= 15 is 9.59 Å². The monoisotopic (exact) mass is 1170 g/mol. The normalized spacial score (nSPS) is 18.2. The molecular formula is C60H117NO16PSi+. The molecule has 0 aromatic rings. The van der Waals surface area contributed by atoms with Crippen LogP contribution in [-0.4, -0.2) is 137 Å². The summed E-state index contributed by atoms with van der Waals surface area (Å²) < 4.78 is 71.2. The number of hydrogen-bond donors (Lipinski definition) is 1. The van der Waals surface area contributed by atoms with E-state index in [0.29, 0.717) is 17.4 Å². The summed E-state index contributed by atoms with van der Waals surface area (Å²) in [5, 5.41) is 10.5. The maximum Gasteiger partial charge on any atom is 0.539 e. The molecular weight excluding hydrogens is 1050 g/mol. The third kappa shape index (κ3) is 17.9. The summed E-state index contributed by atoms with van der Waals surface area (Å²) in [7, 11) is 4.28. The van der Waals surface area contributed by atoms with Crippen molar-refractivity contribution < 1.29 is 79.1 Å². The van der Waals surface area contributed by atoms with Crippen molar-refractivity contribution in [2.24, 2.45) is 65.0 Å². The topological polar surface area (TPSA) is 198 Å². The van der Waals surface area contributed by atoms with Crippen LogP contribution in [0, 0.1) is 65.0 Å². The molecule has 466 valence electrons. The van der Waals surface area contributed by atoms with E-state index < -0.39 is 106 Å². The summed E-state index contributed by atoms with van der Waals surface area (Å²) in [6.07, 6.45) is -0.156. The van der Waals surface area contributed by atoms with E-state index in [1.807, 2.05) is 125 Å². The van der Waals surface area contributed by atoms with E-state index in [-0.39, 0.29) is 63.1 Å². The number of likely N-dealkylation sites (N-methyl/N-ethyl adjacent to an activating group) is 1. The highest BCUT2D eigenvalue weighted by Gasteiger charge is 2.67. The number of rotatable bonds is 34. The number of ether oxygens (including phenoxy) is 4. The number of nitrogens with zero attached hydrogens (tertiary/aromatic N) is 1. The van der Waals surface area contributed by atoms with Gasteiger partial charge in [0.2, 0.25) is 0 Å². The van der Waals surface area contributed by atoms with Crippen molar-refractivity contribution in [3.63, 3.8) is 0 Å². The summed E-state index contributed by atoms with van der Waals surface area (Å²) in [5.74, 6) is -1.83. The minimum absolute atomic E-state index is 0.126. The van der Waals surface area contributed by atoms with E-state index in [9.17, 15) is 19.3 Å². The van der Waals surface area contributed by atoms with Crippen molar-refractivity contribution in [2.75, 3.05) is 88.8 Å². The summed E-state index contributed by atoms with van der Waals surface area (Å²) in [6, 6.07) is 0. The van der Waals surface area contributed by atoms with Crippen molar-refractivity contribution >= 4 is 40.5 Å². The largest absolute Gasteiger partial charge is 0.539 e. The predicted octanol–water partition coefficient (Wildman–Crippen LogP) is 12.8. The zero-order valence-electron chi connectivity index (χ0n) is 55.8. The Labute approximate surface area is 481 Å². The molecule has 0 amide bonds. The number of aliphatic hydroxyl groups excluding tert-OH is 1. The molecule has 6 unspecified atom stereocenters. The highest BCUT2D eigenvalue weighted by Crippen LogP contribution is 2.68. The molecule has 0 aromatic carbocycles. The molecule has 0 aliphatic carbocycles. The van der Waals surface area contributed by atoms with Gasteiger partial charge in [-0.3, -0.25) is 32.7 Å². The van der Waals surface area contributed by atoms with Gasteiger partial charge < -0.3 is 41.8 Å². The van der Waals surface area contributed by atoms with Gasteiger partial charge in [0.25, 0.3) is 0 Å². The average molecular weight is 1170 g/mol. The second-order valence-electron chi connectivity index (χ2n) is 30.2. The molecule has 0 radical (unpaired) electrons. The molecule has 0 spiro atoms. The van der Waals surface area contributed by atoms with Crippen molar-refractivity contribution in [3.8, 4) is 0 Å². The van der Waals surface area contributed by atoms with Crippen LogP contribution in [0.25, 0.3) is 0 Å². The summed E-state index contributed by atoms with van der Waals surface area (Å²) in [4.78, 5) is 60.0. The van der Waals surface area contributed by atoms with Crippen LogP contribution in [0.15, 0.2) is 12.3 Å². The molecule has 0 saturated heterocycles. The van der Waals surface area contributed by atoms with Crippen molar-refractivity contribution in [3.05, 3.63) is 12.3 Å². The maximum atomic E-state index is 15.3. The lowest BCUT2D eigenvalue weighted by atomic mass is 9.41. The summed E-state index contributed by atoms with van der Waals surface area (Å²) >= 11 is 0. The Kier molecular flexibility index (Phi) is 26.0. The van der Waals surface area contributed by atoms with Gasteiger partial charge in [0.15, 0.2) is 6.23 Å². The number of allylic oxidation sites excluding steroid dienone is 1. The fourth-order valence-electron chi connectivity index (χ4n) is 11.3. The van der Waals surface area contributed by atoms with Crippen molar-refractivity contribution in [1.82, 2.24) is 0 Å². The van der Waals surface area contributed by atoms with Gasteiger partial charge in [-0.2, -0.15) is 0 Å². The van der Waals surface area contributed by atoms with E-state index in [0.717, 1.165) is 0 Å². The lowest BCUT2D eigenvalue weighted by Crippen LogP contribution is -2.60. The Balaban J connectivity index is 8.02. The highest BCUT2D eigenvalue weighted by molar-refractivity contribution is 7.48. The number of phosphoric acid groups is 1. The Morgan fingerprint density at radius 3 is 1.23 bits per heavy atom. The minimum atomic E-state index is -3.94. The maximum absolute atomic E-state index is 15.3. The Hall–Kier alpha value is -2.25. The van der Waals surface area contributed by atoms with Crippen molar-refractivity contribution in [2.45, 2.75) is 198 Å². The van der Waals surface area contributed by atoms with Gasteiger partial charge in [-0.15, -0.1) is 0 Å². The fraction of sp³-hybridized carbons (Fsp3) is 0.900. The van der Waals surface area contributed by atoms with E-state index in [2.05, 4.69) is 55.0 Å². The zero-order chi connectivity index (χ0) is 63.1. The SMILES string of the molecule is C=C(C)OC(=O)C(C)(CC(C)(C)C(C)(C)C(C)(CC(C)(C)C)C(=O)OCCOP(=O)(OC)OCC[N+](C)(C)C)C(C)(C)C(C)(C)CC(C)(C(=O)OCC(C)O)C(C)(C)C(C)(C)CC(C)(C(=O)OC[Si](OC)(OC)OC)C(C)(C)C. The van der Waals surface area contributed by atoms with Crippen LogP contribution in [0.3, 0.4) is 0 Å². The Bertz CT molecular complexity index is 2100. The predicted molar refractivity (Wildman–Crippen MR) is 314 cm³/mol. The second-order valence-corrected chi connectivity index (χ2v) is 34.9. The number of carbonyl (C=O) groups excluding carboxylic acids is 4. The molecule has 0 aliphatic heterocycles. The average Bonchev–Trinajstić information content (AvgIpc) is 3.27.